The van der Waals surface area contributed by atoms with Gasteiger partial charge >= 0.3 is 5.97 Å². The maximum atomic E-state index is 14.2. The van der Waals surface area contributed by atoms with Gasteiger partial charge in [-0.15, -0.1) is 0 Å². The van der Waals surface area contributed by atoms with Crippen molar-refractivity contribution in [1.29, 1.82) is 0 Å². The Kier molecular flexibility index (Phi) is 5.35. The van der Waals surface area contributed by atoms with E-state index in [4.69, 9.17) is 0 Å². The first-order valence-corrected chi connectivity index (χ1v) is 7.83. The van der Waals surface area contributed by atoms with Crippen LogP contribution in [0.1, 0.15) is 23.7 Å². The molecule has 1 atom stereocenters. The first kappa shape index (κ1) is 17.4. The van der Waals surface area contributed by atoms with Crippen LogP contribution >= 0.6 is 11.8 Å². The van der Waals surface area contributed by atoms with E-state index in [-0.39, 0.29) is 24.0 Å². The van der Waals surface area contributed by atoms with Gasteiger partial charge in [-0.3, -0.25) is 9.59 Å². The smallest absolute Gasteiger partial charge is 0.343 e. The van der Waals surface area contributed by atoms with Crippen molar-refractivity contribution < 1.29 is 27.9 Å². The van der Waals surface area contributed by atoms with E-state index in [1.54, 1.807) is 0 Å². The lowest BCUT2D eigenvalue weighted by Gasteiger charge is -2.20. The summed E-state index contributed by atoms with van der Waals surface area (Å²) < 4.78 is 32.6. The number of esters is 1. The zero-order chi connectivity index (χ0) is 17.1. The minimum atomic E-state index is -1.05. The minimum Gasteiger partial charge on any atom is -0.465 e. The SMILES string of the molecule is COC(=O)c1c(F)ccc(F)c1N1CC(CSC(C)=O)CC1=O. The molecule has 1 heterocycles. The summed E-state index contributed by atoms with van der Waals surface area (Å²) in [6.45, 7) is 1.53. The Morgan fingerprint density at radius 1 is 1.35 bits per heavy atom. The average Bonchev–Trinajstić information content (AvgIpc) is 2.87. The second-order valence-electron chi connectivity index (χ2n) is 5.12. The van der Waals surface area contributed by atoms with E-state index >= 15 is 0 Å². The largest absolute Gasteiger partial charge is 0.465 e. The Morgan fingerprint density at radius 3 is 2.61 bits per heavy atom. The molecule has 0 spiro atoms. The highest BCUT2D eigenvalue weighted by Crippen LogP contribution is 2.33. The summed E-state index contributed by atoms with van der Waals surface area (Å²) in [5, 5.41) is -0.0805. The van der Waals surface area contributed by atoms with E-state index in [0.29, 0.717) is 5.75 Å². The molecule has 0 aliphatic carbocycles. The predicted octanol–water partition coefficient (Wildman–Crippen LogP) is 2.38. The quantitative estimate of drug-likeness (QED) is 0.786. The molecule has 1 amide bonds. The maximum absolute atomic E-state index is 14.2. The molecule has 1 saturated heterocycles. The Hall–Kier alpha value is -1.96. The van der Waals surface area contributed by atoms with E-state index in [9.17, 15) is 23.2 Å². The monoisotopic (exact) mass is 343 g/mol. The van der Waals surface area contributed by atoms with Crippen LogP contribution < -0.4 is 4.90 Å². The highest BCUT2D eigenvalue weighted by molar-refractivity contribution is 8.13. The van der Waals surface area contributed by atoms with Gasteiger partial charge in [-0.05, 0) is 18.1 Å². The number of ether oxygens (including phenoxy) is 1. The van der Waals surface area contributed by atoms with Crippen molar-refractivity contribution in [2.45, 2.75) is 13.3 Å². The second-order valence-corrected chi connectivity index (χ2v) is 6.32. The fourth-order valence-electron chi connectivity index (χ4n) is 2.45. The summed E-state index contributed by atoms with van der Waals surface area (Å²) in [6, 6.07) is 1.68. The number of benzene rings is 1. The molecule has 124 valence electrons. The number of amides is 1. The molecule has 1 aliphatic rings. The second kappa shape index (κ2) is 7.08. The lowest BCUT2D eigenvalue weighted by molar-refractivity contribution is -0.117. The average molecular weight is 343 g/mol. The number of carbonyl (C=O) groups excluding carboxylic acids is 3. The number of methoxy groups -OCH3 is 1. The molecule has 1 aromatic carbocycles. The van der Waals surface area contributed by atoms with Gasteiger partial charge in [0, 0.05) is 25.6 Å². The third-order valence-corrected chi connectivity index (χ3v) is 4.51. The summed E-state index contributed by atoms with van der Waals surface area (Å²) in [6.07, 6.45) is 0.108. The van der Waals surface area contributed by atoms with Crippen LogP contribution in [0.25, 0.3) is 0 Å². The fraction of sp³-hybridized carbons (Fsp3) is 0.400. The van der Waals surface area contributed by atoms with E-state index in [1.807, 2.05) is 0 Å². The summed E-state index contributed by atoms with van der Waals surface area (Å²) >= 11 is 1.07. The van der Waals surface area contributed by atoms with Gasteiger partial charge in [0.25, 0.3) is 0 Å². The number of thioether (sulfide) groups is 1. The van der Waals surface area contributed by atoms with Crippen LogP contribution in [-0.2, 0) is 14.3 Å². The molecule has 23 heavy (non-hydrogen) atoms. The highest BCUT2D eigenvalue weighted by Gasteiger charge is 2.36. The minimum absolute atomic E-state index is 0.0805. The van der Waals surface area contributed by atoms with Gasteiger partial charge in [0.1, 0.15) is 17.2 Å². The molecule has 1 aromatic rings. The third kappa shape index (κ3) is 3.69. The Bertz CT molecular complexity index is 665. The highest BCUT2D eigenvalue weighted by atomic mass is 32.2. The topological polar surface area (TPSA) is 63.7 Å². The van der Waals surface area contributed by atoms with Gasteiger partial charge in [0.15, 0.2) is 5.12 Å². The number of halogens is 2. The number of nitrogens with zero attached hydrogens (tertiary/aromatic N) is 1. The van der Waals surface area contributed by atoms with Crippen molar-refractivity contribution in [2.24, 2.45) is 5.92 Å². The van der Waals surface area contributed by atoms with Crippen LogP contribution in [0, 0.1) is 17.6 Å². The van der Waals surface area contributed by atoms with Gasteiger partial charge in [-0.1, -0.05) is 11.8 Å². The van der Waals surface area contributed by atoms with E-state index < -0.39 is 34.8 Å². The lowest BCUT2D eigenvalue weighted by Crippen LogP contribution is -2.28. The van der Waals surface area contributed by atoms with E-state index in [1.165, 1.54) is 6.92 Å². The Balaban J connectivity index is 2.34. The van der Waals surface area contributed by atoms with Gasteiger partial charge in [0.2, 0.25) is 5.91 Å². The number of hydrogen-bond donors (Lipinski definition) is 0. The zero-order valence-corrected chi connectivity index (χ0v) is 13.4. The van der Waals surface area contributed by atoms with E-state index in [2.05, 4.69) is 4.74 Å². The van der Waals surface area contributed by atoms with Crippen LogP contribution in [0.4, 0.5) is 14.5 Å². The van der Waals surface area contributed by atoms with Crippen LogP contribution in [0.5, 0.6) is 0 Å². The third-order valence-electron chi connectivity index (χ3n) is 3.46. The molecule has 0 radical (unpaired) electrons. The molecule has 0 N–H and O–H groups in total. The molecule has 5 nitrogen and oxygen atoms in total. The van der Waals surface area contributed by atoms with Crippen molar-refractivity contribution in [3.63, 3.8) is 0 Å². The molecular formula is C15H15F2NO4S. The van der Waals surface area contributed by atoms with Gasteiger partial charge < -0.3 is 9.64 Å². The lowest BCUT2D eigenvalue weighted by atomic mass is 10.1. The van der Waals surface area contributed by atoms with Crippen molar-refractivity contribution in [3.8, 4) is 0 Å². The van der Waals surface area contributed by atoms with Crippen LogP contribution in [-0.4, -0.2) is 36.4 Å². The molecule has 1 aliphatic heterocycles. The summed E-state index contributed by atoms with van der Waals surface area (Å²) in [5.74, 6) is -3.07. The van der Waals surface area contributed by atoms with Gasteiger partial charge in [-0.2, -0.15) is 0 Å². The number of anilines is 1. The first-order chi connectivity index (χ1) is 10.8. The van der Waals surface area contributed by atoms with Crippen molar-refractivity contribution >= 4 is 34.4 Å². The molecular weight excluding hydrogens is 328 g/mol. The molecule has 8 heteroatoms. The number of carbonyl (C=O) groups is 3. The molecule has 2 rings (SSSR count). The van der Waals surface area contributed by atoms with Crippen LogP contribution in [0.2, 0.25) is 0 Å². The Morgan fingerprint density at radius 2 is 2.00 bits per heavy atom. The maximum Gasteiger partial charge on any atom is 0.343 e. The normalized spacial score (nSPS) is 17.5. The Labute approximate surface area is 136 Å². The predicted molar refractivity (Wildman–Crippen MR) is 81.3 cm³/mol. The summed E-state index contributed by atoms with van der Waals surface area (Å²) in [7, 11) is 1.05. The van der Waals surface area contributed by atoms with Gasteiger partial charge in [0.05, 0.1) is 12.8 Å². The van der Waals surface area contributed by atoms with Crippen molar-refractivity contribution in [2.75, 3.05) is 24.3 Å². The standard InChI is InChI=1S/C15H15F2NO4S/c1-8(19)23-7-9-5-12(20)18(6-9)14-11(17)4-3-10(16)13(14)15(21)22-2/h3-4,9H,5-7H2,1-2H3. The zero-order valence-electron chi connectivity index (χ0n) is 12.6. The number of hydrogen-bond acceptors (Lipinski definition) is 5. The van der Waals surface area contributed by atoms with Crippen LogP contribution in [0.3, 0.4) is 0 Å². The van der Waals surface area contributed by atoms with E-state index in [0.717, 1.165) is 35.9 Å². The fourth-order valence-corrected chi connectivity index (χ4v) is 3.14. The molecule has 1 unspecified atom stereocenters. The van der Waals surface area contributed by atoms with Gasteiger partial charge in [-0.25, -0.2) is 13.6 Å². The van der Waals surface area contributed by atoms with Crippen molar-refractivity contribution in [1.82, 2.24) is 0 Å². The molecule has 0 aromatic heterocycles. The number of rotatable bonds is 4. The van der Waals surface area contributed by atoms with Crippen molar-refractivity contribution in [3.05, 3.63) is 29.3 Å². The molecule has 0 bridgehead atoms. The summed E-state index contributed by atoms with van der Waals surface area (Å²) in [4.78, 5) is 36.0. The van der Waals surface area contributed by atoms with Crippen LogP contribution in [0.15, 0.2) is 12.1 Å². The first-order valence-electron chi connectivity index (χ1n) is 6.85. The molecule has 0 saturated carbocycles. The molecule has 1 fully saturated rings. The summed E-state index contributed by atoms with van der Waals surface area (Å²) in [5.41, 5.74) is -1.00.